The molecule has 0 amide bonds. The van der Waals surface area contributed by atoms with Crippen molar-refractivity contribution in [2.75, 3.05) is 0 Å². The summed E-state index contributed by atoms with van der Waals surface area (Å²) >= 11 is 1.55. The van der Waals surface area contributed by atoms with E-state index in [4.69, 9.17) is 9.97 Å². The van der Waals surface area contributed by atoms with Crippen LogP contribution in [0, 0.1) is 23.2 Å². The molecule has 1 aromatic heterocycles. The van der Waals surface area contributed by atoms with Crippen molar-refractivity contribution < 1.29 is 0 Å². The van der Waals surface area contributed by atoms with E-state index in [2.05, 4.69) is 55.5 Å². The highest BCUT2D eigenvalue weighted by Gasteiger charge is 2.42. The summed E-state index contributed by atoms with van der Waals surface area (Å²) in [6.07, 6.45) is 15.3. The summed E-state index contributed by atoms with van der Waals surface area (Å²) in [6, 6.07) is 3.38. The summed E-state index contributed by atoms with van der Waals surface area (Å²) in [6.45, 7) is 16.7. The molecule has 1 atom stereocenters. The molecule has 2 aliphatic carbocycles. The minimum atomic E-state index is 0.147. The second kappa shape index (κ2) is 14.5. The number of allylic oxidation sites excluding steroid dienone is 4. The molecule has 5 nitrogen and oxygen atoms in total. The van der Waals surface area contributed by atoms with E-state index in [-0.39, 0.29) is 5.92 Å². The smallest absolute Gasteiger partial charge is 0.177 e. The van der Waals surface area contributed by atoms with E-state index < -0.39 is 0 Å². The fraction of sp³-hybridized carbons (Fsp3) is 0.621. The molecule has 0 bridgehead atoms. The zero-order valence-corrected chi connectivity index (χ0v) is 23.9. The number of nitriles is 1. The maximum Gasteiger partial charge on any atom is 0.177 e. The number of fused-ring (bicyclic) bond motifs is 1. The Bertz CT molecular complexity index is 931. The summed E-state index contributed by atoms with van der Waals surface area (Å²) < 4.78 is 3.33. The van der Waals surface area contributed by atoms with Crippen LogP contribution >= 0.6 is 11.9 Å². The van der Waals surface area contributed by atoms with Crippen molar-refractivity contribution in [1.82, 2.24) is 19.6 Å². The van der Waals surface area contributed by atoms with Crippen LogP contribution in [0.25, 0.3) is 5.70 Å². The van der Waals surface area contributed by atoms with Crippen LogP contribution < -0.4 is 4.72 Å². The second-order valence-corrected chi connectivity index (χ2v) is 10.3. The molecule has 3 aliphatic rings. The van der Waals surface area contributed by atoms with Gasteiger partial charge in [0.2, 0.25) is 0 Å². The Morgan fingerprint density at radius 1 is 1.03 bits per heavy atom. The third kappa shape index (κ3) is 6.98. The summed E-state index contributed by atoms with van der Waals surface area (Å²) in [5, 5.41) is 10.2. The second-order valence-electron chi connectivity index (χ2n) is 9.36. The predicted octanol–water partition coefficient (Wildman–Crippen LogP) is 7.90. The van der Waals surface area contributed by atoms with E-state index in [0.29, 0.717) is 23.8 Å². The first-order valence-electron chi connectivity index (χ1n) is 13.6. The topological polar surface area (TPSA) is 64.8 Å². The summed E-state index contributed by atoms with van der Waals surface area (Å²) in [5.41, 5.74) is 4.46. The van der Waals surface area contributed by atoms with E-state index in [1.165, 1.54) is 37.0 Å². The van der Waals surface area contributed by atoms with Crippen LogP contribution in [0.2, 0.25) is 0 Å². The quantitative estimate of drug-likeness (QED) is 0.405. The molecule has 4 rings (SSSR count). The highest BCUT2D eigenvalue weighted by Crippen LogP contribution is 2.48. The Hall–Kier alpha value is -2.10. The molecule has 192 valence electrons. The molecule has 0 aromatic carbocycles. The van der Waals surface area contributed by atoms with Crippen LogP contribution in [0.4, 0.5) is 0 Å². The van der Waals surface area contributed by atoms with Gasteiger partial charge in [0.25, 0.3) is 0 Å². The summed E-state index contributed by atoms with van der Waals surface area (Å²) in [7, 11) is 0. The number of aromatic nitrogens is 2. The number of nitrogens with zero attached hydrogens (tertiary/aromatic N) is 4. The van der Waals surface area contributed by atoms with Gasteiger partial charge in [-0.15, -0.1) is 0 Å². The van der Waals surface area contributed by atoms with Crippen molar-refractivity contribution in [3.05, 3.63) is 47.2 Å². The molecule has 6 heteroatoms. The Labute approximate surface area is 218 Å². The zero-order chi connectivity index (χ0) is 26.0. The molecular formula is C29H45N5S. The van der Waals surface area contributed by atoms with E-state index in [0.717, 1.165) is 29.0 Å². The van der Waals surface area contributed by atoms with Gasteiger partial charge in [0, 0.05) is 36.1 Å². The Balaban J connectivity index is 0.00000103. The molecule has 1 unspecified atom stereocenters. The van der Waals surface area contributed by atoms with E-state index in [1.54, 1.807) is 11.9 Å². The minimum Gasteiger partial charge on any atom is -0.338 e. The molecule has 0 saturated heterocycles. The SMILES string of the molecule is CC.CC.CC(C)NSc1cnc(C2=C(C#N)C3CCC=C(C(C)C)C=C3N2C2CCCC2)nc1. The number of hydrogen-bond acceptors (Lipinski definition) is 6. The molecule has 1 N–H and O–H groups in total. The average molecular weight is 496 g/mol. The molecule has 1 aliphatic heterocycles. The predicted molar refractivity (Wildman–Crippen MR) is 149 cm³/mol. The maximum atomic E-state index is 10.2. The Kier molecular flexibility index (Phi) is 12.0. The fourth-order valence-electron chi connectivity index (χ4n) is 4.84. The Morgan fingerprint density at radius 3 is 2.20 bits per heavy atom. The van der Waals surface area contributed by atoms with Crippen LogP contribution in [0.1, 0.15) is 99.7 Å². The number of hydrogen-bond donors (Lipinski definition) is 1. The first kappa shape index (κ1) is 29.1. The van der Waals surface area contributed by atoms with Gasteiger partial charge in [-0.25, -0.2) is 9.97 Å². The Morgan fingerprint density at radius 2 is 1.66 bits per heavy atom. The van der Waals surface area contributed by atoms with E-state index >= 15 is 0 Å². The van der Waals surface area contributed by atoms with Gasteiger partial charge in [-0.1, -0.05) is 60.5 Å². The highest BCUT2D eigenvalue weighted by molar-refractivity contribution is 7.97. The molecule has 1 aromatic rings. The zero-order valence-electron chi connectivity index (χ0n) is 23.1. The van der Waals surface area contributed by atoms with Gasteiger partial charge in [-0.3, -0.25) is 4.72 Å². The minimum absolute atomic E-state index is 0.147. The lowest BCUT2D eigenvalue weighted by Crippen LogP contribution is -2.30. The van der Waals surface area contributed by atoms with Crippen LogP contribution in [0.15, 0.2) is 46.3 Å². The molecule has 1 fully saturated rings. The third-order valence-electron chi connectivity index (χ3n) is 6.36. The van der Waals surface area contributed by atoms with Crippen molar-refractivity contribution in [2.24, 2.45) is 11.8 Å². The first-order chi connectivity index (χ1) is 17.0. The van der Waals surface area contributed by atoms with Crippen molar-refractivity contribution in [1.29, 1.82) is 5.26 Å². The van der Waals surface area contributed by atoms with Gasteiger partial charge in [0.05, 0.1) is 16.5 Å². The number of nitrogens with one attached hydrogen (secondary N) is 1. The van der Waals surface area contributed by atoms with E-state index in [9.17, 15) is 5.26 Å². The molecule has 2 heterocycles. The van der Waals surface area contributed by atoms with Gasteiger partial charge < -0.3 is 4.90 Å². The molecule has 0 spiro atoms. The standard InChI is InChI=1S/C25H33N5S.2C2H6/c1-16(2)18-8-7-11-21-22(13-26)24(30(23(21)12-18)19-9-5-6-10-19)25-27-14-20(15-28-25)31-29-17(3)4;2*1-2/h8,12,14-17,19,21,29H,5-7,9-11H2,1-4H3;2*1-2H3. The van der Waals surface area contributed by atoms with Crippen molar-refractivity contribution in [3.8, 4) is 6.07 Å². The number of rotatable bonds is 6. The molecule has 0 radical (unpaired) electrons. The average Bonchev–Trinajstić information content (AvgIpc) is 3.45. The summed E-state index contributed by atoms with van der Waals surface area (Å²) in [5.74, 6) is 1.31. The highest BCUT2D eigenvalue weighted by atomic mass is 32.2. The summed E-state index contributed by atoms with van der Waals surface area (Å²) in [4.78, 5) is 12.9. The monoisotopic (exact) mass is 495 g/mol. The fourth-order valence-corrected chi connectivity index (χ4v) is 5.43. The normalized spacial score (nSPS) is 19.8. The maximum absolute atomic E-state index is 10.2. The third-order valence-corrected chi connectivity index (χ3v) is 7.39. The van der Waals surface area contributed by atoms with Gasteiger partial charge in [-0.2, -0.15) is 5.26 Å². The van der Waals surface area contributed by atoms with Crippen LogP contribution in [0.3, 0.4) is 0 Å². The van der Waals surface area contributed by atoms with Crippen LogP contribution in [-0.2, 0) is 0 Å². The van der Waals surface area contributed by atoms with Gasteiger partial charge in [0.1, 0.15) is 5.70 Å². The van der Waals surface area contributed by atoms with E-state index in [1.807, 2.05) is 40.1 Å². The van der Waals surface area contributed by atoms with Crippen molar-refractivity contribution in [3.63, 3.8) is 0 Å². The molecule has 35 heavy (non-hydrogen) atoms. The lowest BCUT2D eigenvalue weighted by atomic mass is 9.94. The lowest BCUT2D eigenvalue weighted by molar-refractivity contribution is 0.348. The largest absolute Gasteiger partial charge is 0.338 e. The van der Waals surface area contributed by atoms with Crippen LogP contribution in [0.5, 0.6) is 0 Å². The van der Waals surface area contributed by atoms with Gasteiger partial charge in [0.15, 0.2) is 5.82 Å². The first-order valence-corrected chi connectivity index (χ1v) is 14.4. The molecular weight excluding hydrogens is 450 g/mol. The van der Waals surface area contributed by atoms with Crippen molar-refractivity contribution >= 4 is 17.6 Å². The molecule has 1 saturated carbocycles. The lowest BCUT2D eigenvalue weighted by Gasteiger charge is -2.31. The van der Waals surface area contributed by atoms with Crippen molar-refractivity contribution in [2.45, 2.75) is 111 Å². The van der Waals surface area contributed by atoms with Gasteiger partial charge >= 0.3 is 0 Å². The van der Waals surface area contributed by atoms with Gasteiger partial charge in [-0.05, 0) is 69.0 Å². The van der Waals surface area contributed by atoms with Crippen LogP contribution in [-0.4, -0.2) is 27.0 Å².